The first kappa shape index (κ1) is 14.7. The van der Waals surface area contributed by atoms with Gasteiger partial charge >= 0.3 is 0 Å². The van der Waals surface area contributed by atoms with Crippen molar-refractivity contribution in [3.63, 3.8) is 0 Å². The van der Waals surface area contributed by atoms with Crippen molar-refractivity contribution >= 4 is 22.6 Å². The second-order valence-corrected chi connectivity index (χ2v) is 5.10. The van der Waals surface area contributed by atoms with Gasteiger partial charge in [0, 0.05) is 12.4 Å². The summed E-state index contributed by atoms with van der Waals surface area (Å²) in [6.45, 7) is 0. The highest BCUT2D eigenvalue weighted by molar-refractivity contribution is 5.95. The van der Waals surface area contributed by atoms with E-state index in [1.54, 1.807) is 18.3 Å². The molecule has 0 fully saturated rings. The van der Waals surface area contributed by atoms with Gasteiger partial charge in [0.2, 0.25) is 5.91 Å². The molecule has 0 aliphatic heterocycles. The van der Waals surface area contributed by atoms with Gasteiger partial charge in [-0.1, -0.05) is 42.5 Å². The number of rotatable bonds is 3. The Bertz CT molecular complexity index is 847. The Labute approximate surface area is 133 Å². The molecule has 1 heterocycles. The highest BCUT2D eigenvalue weighted by atomic mass is 16.2. The topological polar surface area (TPSA) is 71.1 Å². The number of hydrogen-bond acceptors (Lipinski definition) is 3. The third kappa shape index (κ3) is 3.71. The minimum Gasteiger partial charge on any atom is -0.273 e. The zero-order chi connectivity index (χ0) is 16.1. The maximum absolute atomic E-state index is 11.9. The molecule has 2 aromatic carbocycles. The molecule has 0 radical (unpaired) electrons. The fourth-order valence-corrected chi connectivity index (χ4v) is 2.27. The lowest BCUT2D eigenvalue weighted by molar-refractivity contribution is -0.121. The Hall–Kier alpha value is -3.21. The summed E-state index contributed by atoms with van der Waals surface area (Å²) in [5.41, 5.74) is 6.06. The van der Waals surface area contributed by atoms with Gasteiger partial charge < -0.3 is 0 Å². The van der Waals surface area contributed by atoms with E-state index in [1.165, 1.54) is 6.20 Å². The van der Waals surface area contributed by atoms with E-state index in [4.69, 9.17) is 0 Å². The van der Waals surface area contributed by atoms with Crippen molar-refractivity contribution in [2.75, 3.05) is 0 Å². The van der Waals surface area contributed by atoms with Crippen molar-refractivity contribution in [2.45, 2.75) is 6.42 Å². The predicted octanol–water partition coefficient (Wildman–Crippen LogP) is 2.24. The normalized spacial score (nSPS) is 10.3. The number of pyridine rings is 1. The summed E-state index contributed by atoms with van der Waals surface area (Å²) in [6.07, 6.45) is 3.21. The average Bonchev–Trinajstić information content (AvgIpc) is 2.60. The van der Waals surface area contributed by atoms with E-state index in [2.05, 4.69) is 15.8 Å². The van der Waals surface area contributed by atoms with Gasteiger partial charge in [0.05, 0.1) is 12.0 Å². The Morgan fingerprint density at radius 3 is 2.52 bits per heavy atom. The van der Waals surface area contributed by atoms with Gasteiger partial charge in [-0.05, 0) is 28.5 Å². The Kier molecular flexibility index (Phi) is 4.29. The standard InChI is InChI=1S/C18H15N3O2/c22-17(20-21-18(23)16-6-3-9-19-12-16)11-13-7-8-14-4-1-2-5-15(14)10-13/h1-10,12H,11H2,(H,20,22)(H,21,23). The van der Waals surface area contributed by atoms with Crippen LogP contribution < -0.4 is 10.9 Å². The molecule has 1 aromatic heterocycles. The van der Waals surface area contributed by atoms with Crippen LogP contribution in [-0.2, 0) is 11.2 Å². The maximum Gasteiger partial charge on any atom is 0.271 e. The van der Waals surface area contributed by atoms with Crippen LogP contribution in [0.25, 0.3) is 10.8 Å². The molecule has 2 amide bonds. The summed E-state index contributed by atoms with van der Waals surface area (Å²) >= 11 is 0. The smallest absolute Gasteiger partial charge is 0.271 e. The highest BCUT2D eigenvalue weighted by Crippen LogP contribution is 2.15. The molecule has 0 aliphatic carbocycles. The summed E-state index contributed by atoms with van der Waals surface area (Å²) < 4.78 is 0. The Morgan fingerprint density at radius 2 is 1.74 bits per heavy atom. The number of amides is 2. The van der Waals surface area contributed by atoms with Gasteiger partial charge in [-0.3, -0.25) is 25.4 Å². The molecule has 3 aromatic rings. The maximum atomic E-state index is 11.9. The van der Waals surface area contributed by atoms with Gasteiger partial charge in [0.15, 0.2) is 0 Å². The van der Waals surface area contributed by atoms with Crippen LogP contribution >= 0.6 is 0 Å². The number of nitrogens with zero attached hydrogens (tertiary/aromatic N) is 1. The van der Waals surface area contributed by atoms with Gasteiger partial charge in [0.25, 0.3) is 5.91 Å². The number of nitrogens with one attached hydrogen (secondary N) is 2. The predicted molar refractivity (Wildman–Crippen MR) is 87.5 cm³/mol. The van der Waals surface area contributed by atoms with E-state index in [0.29, 0.717) is 5.56 Å². The number of aromatic nitrogens is 1. The van der Waals surface area contributed by atoms with Crippen LogP contribution in [-0.4, -0.2) is 16.8 Å². The molecule has 5 heteroatoms. The average molecular weight is 305 g/mol. The van der Waals surface area contributed by atoms with Crippen LogP contribution in [0.1, 0.15) is 15.9 Å². The van der Waals surface area contributed by atoms with Crippen LogP contribution in [0.2, 0.25) is 0 Å². The van der Waals surface area contributed by atoms with Crippen molar-refractivity contribution < 1.29 is 9.59 Å². The summed E-state index contributed by atoms with van der Waals surface area (Å²) in [5, 5.41) is 2.21. The third-order valence-corrected chi connectivity index (χ3v) is 3.42. The van der Waals surface area contributed by atoms with Gasteiger partial charge in [0.1, 0.15) is 0 Å². The second kappa shape index (κ2) is 6.70. The molecule has 0 saturated carbocycles. The zero-order valence-corrected chi connectivity index (χ0v) is 12.3. The van der Waals surface area contributed by atoms with Crippen LogP contribution in [0.4, 0.5) is 0 Å². The van der Waals surface area contributed by atoms with Crippen LogP contribution in [0.3, 0.4) is 0 Å². The SMILES string of the molecule is O=C(Cc1ccc2ccccc2c1)NNC(=O)c1cccnc1. The minimum atomic E-state index is -0.398. The first-order valence-electron chi connectivity index (χ1n) is 7.19. The molecule has 5 nitrogen and oxygen atoms in total. The van der Waals surface area contributed by atoms with Crippen LogP contribution in [0, 0.1) is 0 Å². The molecule has 0 bridgehead atoms. The summed E-state index contributed by atoms with van der Waals surface area (Å²) in [7, 11) is 0. The molecule has 2 N–H and O–H groups in total. The molecule has 114 valence electrons. The number of carbonyl (C=O) groups is 2. The molecule has 3 rings (SSSR count). The molecule has 0 aliphatic rings. The highest BCUT2D eigenvalue weighted by Gasteiger charge is 2.08. The quantitative estimate of drug-likeness (QED) is 0.729. The van der Waals surface area contributed by atoms with E-state index >= 15 is 0 Å². The van der Waals surface area contributed by atoms with Crippen LogP contribution in [0.5, 0.6) is 0 Å². The van der Waals surface area contributed by atoms with E-state index in [9.17, 15) is 9.59 Å². The van der Waals surface area contributed by atoms with E-state index in [1.807, 2.05) is 42.5 Å². The molecule has 0 saturated heterocycles. The first-order valence-corrected chi connectivity index (χ1v) is 7.19. The summed E-state index contributed by atoms with van der Waals surface area (Å²) in [6, 6.07) is 17.1. The monoisotopic (exact) mass is 305 g/mol. The fourth-order valence-electron chi connectivity index (χ4n) is 2.27. The molecule has 23 heavy (non-hydrogen) atoms. The lowest BCUT2D eigenvalue weighted by Crippen LogP contribution is -2.42. The van der Waals surface area contributed by atoms with E-state index < -0.39 is 5.91 Å². The lowest BCUT2D eigenvalue weighted by atomic mass is 10.1. The number of fused-ring (bicyclic) bond motifs is 1. The molecule has 0 spiro atoms. The Balaban J connectivity index is 1.59. The molecule has 0 atom stereocenters. The van der Waals surface area contributed by atoms with Gasteiger partial charge in [-0.25, -0.2) is 0 Å². The zero-order valence-electron chi connectivity index (χ0n) is 12.3. The number of carbonyl (C=O) groups excluding carboxylic acids is 2. The lowest BCUT2D eigenvalue weighted by Gasteiger charge is -2.08. The second-order valence-electron chi connectivity index (χ2n) is 5.10. The minimum absolute atomic E-state index is 0.193. The van der Waals surface area contributed by atoms with Crippen molar-refractivity contribution in [3.05, 3.63) is 78.1 Å². The third-order valence-electron chi connectivity index (χ3n) is 3.42. The molecular formula is C18H15N3O2. The van der Waals surface area contributed by atoms with Crippen molar-refractivity contribution in [2.24, 2.45) is 0 Å². The first-order chi connectivity index (χ1) is 11.2. The summed E-state index contributed by atoms with van der Waals surface area (Å²) in [5.74, 6) is -0.678. The van der Waals surface area contributed by atoms with Crippen molar-refractivity contribution in [1.29, 1.82) is 0 Å². The number of hydrazine groups is 1. The van der Waals surface area contributed by atoms with Crippen molar-refractivity contribution in [1.82, 2.24) is 15.8 Å². The number of benzene rings is 2. The van der Waals surface area contributed by atoms with E-state index in [-0.39, 0.29) is 12.3 Å². The van der Waals surface area contributed by atoms with Gasteiger partial charge in [-0.2, -0.15) is 0 Å². The van der Waals surface area contributed by atoms with E-state index in [0.717, 1.165) is 16.3 Å². The fraction of sp³-hybridized carbons (Fsp3) is 0.0556. The van der Waals surface area contributed by atoms with Crippen molar-refractivity contribution in [3.8, 4) is 0 Å². The Morgan fingerprint density at radius 1 is 0.913 bits per heavy atom. The van der Waals surface area contributed by atoms with Gasteiger partial charge in [-0.15, -0.1) is 0 Å². The van der Waals surface area contributed by atoms with Crippen LogP contribution in [0.15, 0.2) is 67.0 Å². The molecular weight excluding hydrogens is 290 g/mol. The largest absolute Gasteiger partial charge is 0.273 e. The molecule has 0 unspecified atom stereocenters. The summed E-state index contributed by atoms with van der Waals surface area (Å²) in [4.78, 5) is 27.6. The number of hydrogen-bond donors (Lipinski definition) is 2.